The van der Waals surface area contributed by atoms with Crippen molar-refractivity contribution in [3.8, 4) is 0 Å². The van der Waals surface area contributed by atoms with Gasteiger partial charge in [-0.25, -0.2) is 0 Å². The Morgan fingerprint density at radius 2 is 1.92 bits per heavy atom. The normalized spacial score (nSPS) is 21.3. The first kappa shape index (κ1) is 10.2. The van der Waals surface area contributed by atoms with Crippen LogP contribution in [0.3, 0.4) is 0 Å². The minimum atomic E-state index is 1.16. The van der Waals surface area contributed by atoms with E-state index >= 15 is 0 Å². The summed E-state index contributed by atoms with van der Waals surface area (Å²) in [6, 6.07) is 0. The van der Waals surface area contributed by atoms with Gasteiger partial charge in [-0.1, -0.05) is 6.58 Å². The number of allylic oxidation sites excluding steroid dienone is 2. The van der Waals surface area contributed by atoms with Crippen LogP contribution in [0.1, 0.15) is 25.7 Å². The number of hydrogen-bond acceptors (Lipinski definition) is 2. The van der Waals surface area contributed by atoms with Gasteiger partial charge in [-0.15, -0.1) is 0 Å². The molecule has 0 amide bonds. The molecule has 1 N–H and O–H groups in total. The molecule has 2 nitrogen and oxygen atoms in total. The third-order valence-electron chi connectivity index (χ3n) is 2.55. The van der Waals surface area contributed by atoms with Crippen LogP contribution in [-0.4, -0.2) is 26.0 Å². The molecule has 0 aromatic rings. The minimum absolute atomic E-state index is 1.16. The smallest absolute Gasteiger partial charge is 0.104 e. The Hall–Kier alpha value is -0.920. The van der Waals surface area contributed by atoms with E-state index in [4.69, 9.17) is 0 Å². The van der Waals surface area contributed by atoms with Crippen molar-refractivity contribution in [1.82, 2.24) is 10.2 Å². The third kappa shape index (κ3) is 2.27. The summed E-state index contributed by atoms with van der Waals surface area (Å²) < 4.78 is 0. The predicted molar refractivity (Wildman–Crippen MR) is 57.4 cm³/mol. The van der Waals surface area contributed by atoms with E-state index in [9.17, 15) is 0 Å². The van der Waals surface area contributed by atoms with Gasteiger partial charge in [-0.05, 0) is 36.8 Å². The Kier molecular flexibility index (Phi) is 3.40. The van der Waals surface area contributed by atoms with Gasteiger partial charge in [0.05, 0.1) is 0 Å². The van der Waals surface area contributed by atoms with E-state index in [1.807, 2.05) is 7.05 Å². The molecule has 0 radical (unpaired) electrons. The maximum Gasteiger partial charge on any atom is 0.104 e. The zero-order chi connectivity index (χ0) is 9.84. The molecule has 0 aromatic heterocycles. The van der Waals surface area contributed by atoms with Gasteiger partial charge in [0.2, 0.25) is 0 Å². The fourth-order valence-electron chi connectivity index (χ4n) is 1.90. The molecule has 1 fully saturated rings. The molecule has 1 aliphatic rings. The molecule has 0 aromatic carbocycles. The molecule has 0 saturated heterocycles. The van der Waals surface area contributed by atoms with Crippen LogP contribution in [0.2, 0.25) is 0 Å². The topological polar surface area (TPSA) is 15.3 Å². The van der Waals surface area contributed by atoms with Crippen molar-refractivity contribution in [2.75, 3.05) is 21.1 Å². The highest BCUT2D eigenvalue weighted by atomic mass is 15.2. The lowest BCUT2D eigenvalue weighted by Crippen LogP contribution is -2.25. The molecule has 2 heteroatoms. The van der Waals surface area contributed by atoms with Crippen LogP contribution in [0.5, 0.6) is 0 Å². The number of nitrogens with zero attached hydrogens (tertiary/aromatic N) is 1. The van der Waals surface area contributed by atoms with Crippen LogP contribution in [0.4, 0.5) is 0 Å². The summed E-state index contributed by atoms with van der Waals surface area (Å²) in [5, 5.41) is 3.25. The third-order valence-corrected chi connectivity index (χ3v) is 2.55. The Morgan fingerprint density at radius 1 is 1.31 bits per heavy atom. The van der Waals surface area contributed by atoms with Crippen molar-refractivity contribution in [2.24, 2.45) is 0 Å². The minimum Gasteiger partial charge on any atom is -0.375 e. The second-order valence-corrected chi connectivity index (χ2v) is 3.78. The first-order valence-electron chi connectivity index (χ1n) is 4.93. The molecule has 0 bridgehead atoms. The zero-order valence-electron chi connectivity index (χ0n) is 8.98. The Bertz CT molecular complexity index is 226. The second-order valence-electron chi connectivity index (χ2n) is 3.78. The summed E-state index contributed by atoms with van der Waals surface area (Å²) in [5.41, 5.74) is 2.73. The Balaban J connectivity index is 2.90. The first-order valence-corrected chi connectivity index (χ1v) is 4.93. The van der Waals surface area contributed by atoms with Crippen LogP contribution in [0.25, 0.3) is 0 Å². The predicted octanol–water partition coefficient (Wildman–Crippen LogP) is 2.11. The molecule has 0 atom stereocenters. The van der Waals surface area contributed by atoms with Gasteiger partial charge < -0.3 is 10.2 Å². The first-order chi connectivity index (χ1) is 6.16. The molecule has 74 valence electrons. The lowest BCUT2D eigenvalue weighted by molar-refractivity contribution is 0.460. The largest absolute Gasteiger partial charge is 0.375 e. The average Bonchev–Trinajstić information content (AvgIpc) is 2.09. The highest BCUT2D eigenvalue weighted by molar-refractivity contribution is 5.33. The van der Waals surface area contributed by atoms with Crippen molar-refractivity contribution in [3.63, 3.8) is 0 Å². The maximum atomic E-state index is 4.12. The van der Waals surface area contributed by atoms with Gasteiger partial charge in [-0.2, -0.15) is 0 Å². The number of nitrogens with one attached hydrogen (secondary N) is 1. The van der Waals surface area contributed by atoms with E-state index < -0.39 is 0 Å². The molecule has 0 unspecified atom stereocenters. The summed E-state index contributed by atoms with van der Waals surface area (Å²) in [7, 11) is 6.12. The summed E-state index contributed by atoms with van der Waals surface area (Å²) in [4.78, 5) is 2.13. The summed E-state index contributed by atoms with van der Waals surface area (Å²) in [5.74, 6) is 1.23. The van der Waals surface area contributed by atoms with Crippen LogP contribution in [-0.2, 0) is 0 Å². The van der Waals surface area contributed by atoms with Crippen LogP contribution >= 0.6 is 0 Å². The summed E-state index contributed by atoms with van der Waals surface area (Å²) in [6.45, 7) is 4.12. The zero-order valence-corrected chi connectivity index (χ0v) is 8.98. The fourth-order valence-corrected chi connectivity index (χ4v) is 1.90. The second kappa shape index (κ2) is 4.35. The van der Waals surface area contributed by atoms with E-state index in [-0.39, 0.29) is 0 Å². The van der Waals surface area contributed by atoms with Crippen LogP contribution < -0.4 is 5.32 Å². The van der Waals surface area contributed by atoms with E-state index in [2.05, 4.69) is 30.9 Å². The Labute approximate surface area is 81.3 Å². The lowest BCUT2D eigenvalue weighted by atomic mass is 9.90. The lowest BCUT2D eigenvalue weighted by Gasteiger charge is -2.25. The van der Waals surface area contributed by atoms with Crippen molar-refractivity contribution >= 4 is 0 Å². The van der Waals surface area contributed by atoms with Gasteiger partial charge in [-0.3, -0.25) is 0 Å². The molecule has 1 rings (SSSR count). The Morgan fingerprint density at radius 3 is 2.38 bits per heavy atom. The number of hydrogen-bond donors (Lipinski definition) is 1. The van der Waals surface area contributed by atoms with E-state index in [0.717, 1.165) is 6.42 Å². The summed E-state index contributed by atoms with van der Waals surface area (Å²) >= 11 is 0. The quantitative estimate of drug-likeness (QED) is 0.700. The molecule has 0 spiro atoms. The van der Waals surface area contributed by atoms with Crippen molar-refractivity contribution in [2.45, 2.75) is 25.7 Å². The average molecular weight is 180 g/mol. The molecule has 1 saturated carbocycles. The van der Waals surface area contributed by atoms with Crippen molar-refractivity contribution < 1.29 is 0 Å². The maximum absolute atomic E-state index is 4.12. The van der Waals surface area contributed by atoms with Gasteiger partial charge >= 0.3 is 0 Å². The van der Waals surface area contributed by atoms with Crippen LogP contribution in [0, 0.1) is 0 Å². The molecular formula is C11H20N2. The van der Waals surface area contributed by atoms with Gasteiger partial charge in [0.25, 0.3) is 0 Å². The van der Waals surface area contributed by atoms with Crippen molar-refractivity contribution in [3.05, 3.63) is 23.5 Å². The monoisotopic (exact) mass is 180 g/mol. The summed E-state index contributed by atoms with van der Waals surface area (Å²) in [6.07, 6.45) is 4.93. The molecular weight excluding hydrogens is 160 g/mol. The SMILES string of the molecule is C=C1CCCC/C1=C(\NC)N(C)C. The van der Waals surface area contributed by atoms with Crippen molar-refractivity contribution in [1.29, 1.82) is 0 Å². The van der Waals surface area contributed by atoms with Gasteiger partial charge in [0, 0.05) is 21.1 Å². The van der Waals surface area contributed by atoms with E-state index in [1.54, 1.807) is 0 Å². The van der Waals surface area contributed by atoms with Gasteiger partial charge in [0.1, 0.15) is 5.82 Å². The standard InChI is InChI=1S/C11H20N2/c1-9-7-5-6-8-10(9)11(12-2)13(3)4/h12H,1,5-8H2,2-4H3/b11-10-. The highest BCUT2D eigenvalue weighted by Crippen LogP contribution is 2.29. The molecule has 1 aliphatic carbocycles. The molecule has 0 aliphatic heterocycles. The highest BCUT2D eigenvalue weighted by Gasteiger charge is 2.14. The van der Waals surface area contributed by atoms with E-state index in [1.165, 1.54) is 36.2 Å². The van der Waals surface area contributed by atoms with Gasteiger partial charge in [0.15, 0.2) is 0 Å². The molecule has 0 heterocycles. The number of rotatable bonds is 2. The molecule has 13 heavy (non-hydrogen) atoms. The van der Waals surface area contributed by atoms with Crippen LogP contribution in [0.15, 0.2) is 23.5 Å². The fraction of sp³-hybridized carbons (Fsp3) is 0.636. The van der Waals surface area contributed by atoms with E-state index in [0.29, 0.717) is 0 Å².